The van der Waals surface area contributed by atoms with Gasteiger partial charge in [0.2, 0.25) is 0 Å². The summed E-state index contributed by atoms with van der Waals surface area (Å²) in [5.74, 6) is 0.510. The normalized spacial score (nSPS) is 10.4. The van der Waals surface area contributed by atoms with Crippen LogP contribution >= 0.6 is 0 Å². The van der Waals surface area contributed by atoms with Crippen LogP contribution in [0.2, 0.25) is 0 Å². The second-order valence-electron chi connectivity index (χ2n) is 3.50. The molecule has 0 amide bonds. The van der Waals surface area contributed by atoms with Crippen molar-refractivity contribution in [1.29, 1.82) is 0 Å². The van der Waals surface area contributed by atoms with Gasteiger partial charge in [0.1, 0.15) is 11.3 Å². The number of pyridine rings is 1. The molecule has 0 aliphatic heterocycles. The van der Waals surface area contributed by atoms with E-state index in [-0.39, 0.29) is 5.78 Å². The van der Waals surface area contributed by atoms with Gasteiger partial charge >= 0.3 is 0 Å². The van der Waals surface area contributed by atoms with Crippen LogP contribution in [0.25, 0.3) is 10.9 Å². The molecule has 0 radical (unpaired) electrons. The summed E-state index contributed by atoms with van der Waals surface area (Å²) < 4.78 is 5.19. The van der Waals surface area contributed by atoms with E-state index in [0.29, 0.717) is 22.5 Å². The first kappa shape index (κ1) is 10.4. The number of hydrogen-bond donors (Lipinski definition) is 1. The number of rotatable bonds is 2. The van der Waals surface area contributed by atoms with Crippen molar-refractivity contribution >= 4 is 22.4 Å². The summed E-state index contributed by atoms with van der Waals surface area (Å²) in [7, 11) is 1.55. The number of aromatic nitrogens is 1. The molecule has 0 fully saturated rings. The van der Waals surface area contributed by atoms with Crippen molar-refractivity contribution < 1.29 is 9.53 Å². The van der Waals surface area contributed by atoms with Gasteiger partial charge in [-0.25, -0.2) is 0 Å². The van der Waals surface area contributed by atoms with E-state index in [9.17, 15) is 4.79 Å². The molecule has 2 aromatic rings. The Morgan fingerprint density at radius 3 is 2.88 bits per heavy atom. The van der Waals surface area contributed by atoms with E-state index in [4.69, 9.17) is 10.5 Å². The predicted molar refractivity (Wildman–Crippen MR) is 62.7 cm³/mol. The van der Waals surface area contributed by atoms with Gasteiger partial charge in [-0.2, -0.15) is 0 Å². The monoisotopic (exact) mass is 216 g/mol. The van der Waals surface area contributed by atoms with Gasteiger partial charge in [-0.15, -0.1) is 0 Å². The topological polar surface area (TPSA) is 65.2 Å². The number of anilines is 1. The van der Waals surface area contributed by atoms with E-state index >= 15 is 0 Å². The molecule has 0 aliphatic carbocycles. The largest absolute Gasteiger partial charge is 0.494 e. The van der Waals surface area contributed by atoms with Gasteiger partial charge in [-0.05, 0) is 13.0 Å². The Hall–Kier alpha value is -2.10. The van der Waals surface area contributed by atoms with Crippen molar-refractivity contribution in [2.75, 3.05) is 12.8 Å². The standard InChI is InChI=1S/C12H12N2O2/c1-7(15)11-8-4-3-5-14-12(8)10(16-2)6-9(11)13/h3-6H,13H2,1-2H3. The molecular formula is C12H12N2O2. The Morgan fingerprint density at radius 1 is 1.50 bits per heavy atom. The summed E-state index contributed by atoms with van der Waals surface area (Å²) in [5, 5.41) is 0.729. The van der Waals surface area contributed by atoms with Gasteiger partial charge in [0.05, 0.1) is 7.11 Å². The minimum Gasteiger partial charge on any atom is -0.494 e. The highest BCUT2D eigenvalue weighted by Gasteiger charge is 2.14. The molecule has 0 bridgehead atoms. The van der Waals surface area contributed by atoms with E-state index in [1.165, 1.54) is 6.92 Å². The van der Waals surface area contributed by atoms with E-state index in [2.05, 4.69) is 4.98 Å². The number of carbonyl (C=O) groups is 1. The number of ether oxygens (including phenoxy) is 1. The van der Waals surface area contributed by atoms with Crippen LogP contribution < -0.4 is 10.5 Å². The molecule has 4 nitrogen and oxygen atoms in total. The number of hydrogen-bond acceptors (Lipinski definition) is 4. The molecule has 82 valence electrons. The first-order valence-electron chi connectivity index (χ1n) is 4.87. The minimum absolute atomic E-state index is 0.0712. The summed E-state index contributed by atoms with van der Waals surface area (Å²) in [6, 6.07) is 5.22. The Labute approximate surface area is 93.0 Å². The maximum atomic E-state index is 11.5. The van der Waals surface area contributed by atoms with Crippen LogP contribution in [0.5, 0.6) is 5.75 Å². The first-order chi connectivity index (χ1) is 7.65. The SMILES string of the molecule is COc1cc(N)c(C(C)=O)c2cccnc12. The lowest BCUT2D eigenvalue weighted by molar-refractivity contribution is 0.102. The van der Waals surface area contributed by atoms with Crippen molar-refractivity contribution in [3.8, 4) is 5.75 Å². The number of Topliss-reactive ketones (excluding diaryl/α,β-unsaturated/α-hetero) is 1. The lowest BCUT2D eigenvalue weighted by Gasteiger charge is -2.10. The molecule has 0 atom stereocenters. The molecule has 2 rings (SSSR count). The fourth-order valence-electron chi connectivity index (χ4n) is 1.79. The third kappa shape index (κ3) is 1.48. The Kier molecular flexibility index (Phi) is 2.48. The Bertz CT molecular complexity index is 564. The molecule has 2 N–H and O–H groups in total. The van der Waals surface area contributed by atoms with Crippen LogP contribution in [0.3, 0.4) is 0 Å². The summed E-state index contributed by atoms with van der Waals surface area (Å²) in [6.45, 7) is 1.49. The summed E-state index contributed by atoms with van der Waals surface area (Å²) in [4.78, 5) is 15.7. The molecule has 16 heavy (non-hydrogen) atoms. The van der Waals surface area contributed by atoms with Crippen molar-refractivity contribution in [3.05, 3.63) is 30.0 Å². The van der Waals surface area contributed by atoms with Gasteiger partial charge in [0.15, 0.2) is 5.78 Å². The third-order valence-corrected chi connectivity index (χ3v) is 2.46. The lowest BCUT2D eigenvalue weighted by atomic mass is 10.0. The van der Waals surface area contributed by atoms with Gasteiger partial charge in [0.25, 0.3) is 0 Å². The molecular weight excluding hydrogens is 204 g/mol. The van der Waals surface area contributed by atoms with Gasteiger partial charge in [-0.1, -0.05) is 6.07 Å². The van der Waals surface area contributed by atoms with Gasteiger partial charge < -0.3 is 10.5 Å². The van der Waals surface area contributed by atoms with Gasteiger partial charge in [-0.3, -0.25) is 9.78 Å². The highest BCUT2D eigenvalue weighted by molar-refractivity contribution is 6.11. The molecule has 0 saturated heterocycles. The van der Waals surface area contributed by atoms with Crippen LogP contribution in [-0.4, -0.2) is 17.9 Å². The molecule has 0 saturated carbocycles. The fourth-order valence-corrected chi connectivity index (χ4v) is 1.79. The van der Waals surface area contributed by atoms with Crippen molar-refractivity contribution in [2.45, 2.75) is 6.92 Å². The average Bonchev–Trinajstić information content (AvgIpc) is 2.27. The molecule has 0 spiro atoms. The van der Waals surface area contributed by atoms with Crippen molar-refractivity contribution in [1.82, 2.24) is 4.98 Å². The number of nitrogens with zero attached hydrogens (tertiary/aromatic N) is 1. The Balaban J connectivity index is 2.92. The molecule has 0 aliphatic rings. The zero-order chi connectivity index (χ0) is 11.7. The first-order valence-corrected chi connectivity index (χ1v) is 4.87. The van der Waals surface area contributed by atoms with Gasteiger partial charge in [0, 0.05) is 28.9 Å². The van der Waals surface area contributed by atoms with Crippen LogP contribution in [0.15, 0.2) is 24.4 Å². The average molecular weight is 216 g/mol. The number of benzene rings is 1. The van der Waals surface area contributed by atoms with E-state index < -0.39 is 0 Å². The molecule has 4 heteroatoms. The quantitative estimate of drug-likeness (QED) is 0.616. The second-order valence-corrected chi connectivity index (χ2v) is 3.50. The summed E-state index contributed by atoms with van der Waals surface area (Å²) >= 11 is 0. The fraction of sp³-hybridized carbons (Fsp3) is 0.167. The number of nitrogens with two attached hydrogens (primary N) is 1. The molecule has 1 aromatic carbocycles. The third-order valence-electron chi connectivity index (χ3n) is 2.46. The second kappa shape index (κ2) is 3.81. The predicted octanol–water partition coefficient (Wildman–Crippen LogP) is 2.03. The Morgan fingerprint density at radius 2 is 2.25 bits per heavy atom. The van der Waals surface area contributed by atoms with Crippen LogP contribution in [0.4, 0.5) is 5.69 Å². The highest BCUT2D eigenvalue weighted by Crippen LogP contribution is 2.31. The van der Waals surface area contributed by atoms with Crippen LogP contribution in [0, 0.1) is 0 Å². The summed E-state index contributed by atoms with van der Waals surface area (Å²) in [6.07, 6.45) is 1.66. The number of ketones is 1. The van der Waals surface area contributed by atoms with Crippen LogP contribution in [0.1, 0.15) is 17.3 Å². The zero-order valence-corrected chi connectivity index (χ0v) is 9.15. The summed E-state index contributed by atoms with van der Waals surface area (Å²) in [5.41, 5.74) is 7.42. The van der Waals surface area contributed by atoms with Crippen molar-refractivity contribution in [3.63, 3.8) is 0 Å². The zero-order valence-electron chi connectivity index (χ0n) is 9.15. The maximum Gasteiger partial charge on any atom is 0.162 e. The number of nitrogen functional groups attached to an aromatic ring is 1. The number of methoxy groups -OCH3 is 1. The molecule has 1 heterocycles. The van der Waals surface area contributed by atoms with E-state index in [1.807, 2.05) is 6.07 Å². The number of fused-ring (bicyclic) bond motifs is 1. The minimum atomic E-state index is -0.0712. The highest BCUT2D eigenvalue weighted by atomic mass is 16.5. The van der Waals surface area contributed by atoms with E-state index in [1.54, 1.807) is 25.4 Å². The molecule has 0 unspecified atom stereocenters. The lowest BCUT2D eigenvalue weighted by Crippen LogP contribution is -2.02. The van der Waals surface area contributed by atoms with Crippen LogP contribution in [-0.2, 0) is 0 Å². The van der Waals surface area contributed by atoms with E-state index in [0.717, 1.165) is 5.39 Å². The molecule has 1 aromatic heterocycles. The maximum absolute atomic E-state index is 11.5. The van der Waals surface area contributed by atoms with Crippen molar-refractivity contribution in [2.24, 2.45) is 0 Å². The number of carbonyl (C=O) groups excluding carboxylic acids is 1. The smallest absolute Gasteiger partial charge is 0.162 e.